The molecule has 0 radical (unpaired) electrons. The third kappa shape index (κ3) is 6.67. The predicted octanol–water partition coefficient (Wildman–Crippen LogP) is 6.28. The standard InChI is InChI=1S/C26H33NO/c28-26(27-21-10-3-11-22-27)20-9-8-18-25(24-16-6-2-7-17-24)19-12-15-23-13-4-1-5-14-23/h1-2,4-7,13-14,16-18H,3,8-12,15,19-22H2. The molecular formula is C26H33NO. The molecular weight excluding hydrogens is 342 g/mol. The van der Waals surface area contributed by atoms with E-state index < -0.39 is 0 Å². The summed E-state index contributed by atoms with van der Waals surface area (Å²) in [5.41, 5.74) is 4.14. The highest BCUT2D eigenvalue weighted by atomic mass is 16.2. The van der Waals surface area contributed by atoms with E-state index in [2.05, 4.69) is 71.6 Å². The average molecular weight is 376 g/mol. The van der Waals surface area contributed by atoms with E-state index in [0.717, 1.165) is 45.2 Å². The van der Waals surface area contributed by atoms with Gasteiger partial charge in [-0.1, -0.05) is 66.7 Å². The van der Waals surface area contributed by atoms with Crippen LogP contribution in [-0.4, -0.2) is 23.9 Å². The Kier molecular flexibility index (Phi) is 8.36. The molecule has 1 heterocycles. The number of amides is 1. The Morgan fingerprint density at radius 2 is 1.50 bits per heavy atom. The number of hydrogen-bond acceptors (Lipinski definition) is 1. The average Bonchev–Trinajstić information content (AvgIpc) is 2.77. The molecule has 0 aliphatic carbocycles. The van der Waals surface area contributed by atoms with E-state index in [9.17, 15) is 4.79 Å². The van der Waals surface area contributed by atoms with Crippen LogP contribution >= 0.6 is 0 Å². The van der Waals surface area contributed by atoms with Crippen molar-refractivity contribution < 1.29 is 4.79 Å². The SMILES string of the molecule is O=C(CCCC=C(CCCc1ccccc1)c1ccccc1)N1CCCCC1. The third-order valence-electron chi connectivity index (χ3n) is 5.59. The van der Waals surface area contributed by atoms with Crippen molar-refractivity contribution in [1.82, 2.24) is 4.90 Å². The number of allylic oxidation sites excluding steroid dienone is 2. The van der Waals surface area contributed by atoms with Crippen molar-refractivity contribution in [2.24, 2.45) is 0 Å². The molecule has 28 heavy (non-hydrogen) atoms. The molecule has 1 aliphatic heterocycles. The third-order valence-corrected chi connectivity index (χ3v) is 5.59. The Morgan fingerprint density at radius 3 is 2.21 bits per heavy atom. The highest BCUT2D eigenvalue weighted by molar-refractivity contribution is 5.76. The topological polar surface area (TPSA) is 20.3 Å². The van der Waals surface area contributed by atoms with E-state index in [1.54, 1.807) is 0 Å². The first kappa shape index (κ1) is 20.4. The molecule has 0 atom stereocenters. The van der Waals surface area contributed by atoms with Crippen LogP contribution in [0, 0.1) is 0 Å². The van der Waals surface area contributed by atoms with Crippen molar-refractivity contribution in [2.75, 3.05) is 13.1 Å². The van der Waals surface area contributed by atoms with Gasteiger partial charge in [-0.15, -0.1) is 0 Å². The van der Waals surface area contributed by atoms with Gasteiger partial charge < -0.3 is 4.90 Å². The van der Waals surface area contributed by atoms with Crippen LogP contribution in [0.3, 0.4) is 0 Å². The number of carbonyl (C=O) groups excluding carboxylic acids is 1. The summed E-state index contributed by atoms with van der Waals surface area (Å²) >= 11 is 0. The van der Waals surface area contributed by atoms with Gasteiger partial charge in [0, 0.05) is 19.5 Å². The Bertz CT molecular complexity index is 730. The van der Waals surface area contributed by atoms with Gasteiger partial charge in [0.05, 0.1) is 0 Å². The summed E-state index contributed by atoms with van der Waals surface area (Å²) in [6, 6.07) is 21.4. The summed E-state index contributed by atoms with van der Waals surface area (Å²) in [7, 11) is 0. The predicted molar refractivity (Wildman–Crippen MR) is 118 cm³/mol. The van der Waals surface area contributed by atoms with Gasteiger partial charge in [0.15, 0.2) is 0 Å². The zero-order valence-corrected chi connectivity index (χ0v) is 17.0. The maximum Gasteiger partial charge on any atom is 0.222 e. The van der Waals surface area contributed by atoms with Crippen LogP contribution in [-0.2, 0) is 11.2 Å². The minimum atomic E-state index is 0.346. The largest absolute Gasteiger partial charge is 0.343 e. The number of aryl methyl sites for hydroxylation is 1. The molecule has 0 bridgehead atoms. The summed E-state index contributed by atoms with van der Waals surface area (Å²) in [6.07, 6.45) is 11.9. The molecule has 0 N–H and O–H groups in total. The molecule has 2 aromatic carbocycles. The number of likely N-dealkylation sites (tertiary alicyclic amines) is 1. The first-order valence-corrected chi connectivity index (χ1v) is 10.9. The van der Waals surface area contributed by atoms with Gasteiger partial charge in [-0.25, -0.2) is 0 Å². The number of piperidine rings is 1. The van der Waals surface area contributed by atoms with Crippen molar-refractivity contribution >= 4 is 11.5 Å². The Labute approximate surface area is 170 Å². The molecule has 2 heteroatoms. The molecule has 0 spiro atoms. The maximum absolute atomic E-state index is 12.3. The molecule has 0 unspecified atom stereocenters. The van der Waals surface area contributed by atoms with E-state index >= 15 is 0 Å². The Hall–Kier alpha value is -2.35. The van der Waals surface area contributed by atoms with Gasteiger partial charge in [-0.2, -0.15) is 0 Å². The van der Waals surface area contributed by atoms with E-state index in [0.29, 0.717) is 12.3 Å². The molecule has 0 aromatic heterocycles. The van der Waals surface area contributed by atoms with E-state index in [4.69, 9.17) is 0 Å². The maximum atomic E-state index is 12.3. The van der Waals surface area contributed by atoms with Crippen LogP contribution in [0.4, 0.5) is 0 Å². The molecule has 1 saturated heterocycles. The van der Waals surface area contributed by atoms with Crippen LogP contribution in [0.1, 0.15) is 62.5 Å². The summed E-state index contributed by atoms with van der Waals surface area (Å²) in [4.78, 5) is 14.4. The van der Waals surface area contributed by atoms with Gasteiger partial charge in [-0.3, -0.25) is 4.79 Å². The summed E-state index contributed by atoms with van der Waals surface area (Å²) < 4.78 is 0. The first-order valence-electron chi connectivity index (χ1n) is 10.9. The van der Waals surface area contributed by atoms with Crippen LogP contribution in [0.5, 0.6) is 0 Å². The monoisotopic (exact) mass is 375 g/mol. The second kappa shape index (κ2) is 11.5. The molecule has 148 valence electrons. The van der Waals surface area contributed by atoms with E-state index in [1.165, 1.54) is 36.0 Å². The van der Waals surface area contributed by atoms with Crippen molar-refractivity contribution in [3.05, 3.63) is 77.9 Å². The normalized spacial score (nSPS) is 14.9. The van der Waals surface area contributed by atoms with Crippen LogP contribution in [0.15, 0.2) is 66.7 Å². The van der Waals surface area contributed by atoms with E-state index in [-0.39, 0.29) is 0 Å². The number of benzene rings is 2. The van der Waals surface area contributed by atoms with Crippen molar-refractivity contribution in [3.8, 4) is 0 Å². The van der Waals surface area contributed by atoms with Crippen LogP contribution < -0.4 is 0 Å². The Balaban J connectivity index is 1.50. The van der Waals surface area contributed by atoms with Gasteiger partial charge in [0.2, 0.25) is 5.91 Å². The smallest absolute Gasteiger partial charge is 0.222 e. The minimum absolute atomic E-state index is 0.346. The minimum Gasteiger partial charge on any atom is -0.343 e. The molecule has 1 fully saturated rings. The highest BCUT2D eigenvalue weighted by Crippen LogP contribution is 2.22. The second-order valence-corrected chi connectivity index (χ2v) is 7.77. The first-order chi connectivity index (χ1) is 13.8. The van der Waals surface area contributed by atoms with Crippen molar-refractivity contribution in [3.63, 3.8) is 0 Å². The lowest BCUT2D eigenvalue weighted by Crippen LogP contribution is -2.35. The fourth-order valence-corrected chi connectivity index (χ4v) is 3.98. The number of nitrogens with zero attached hydrogens (tertiary/aromatic N) is 1. The number of carbonyl (C=O) groups is 1. The lowest BCUT2D eigenvalue weighted by molar-refractivity contribution is -0.132. The second-order valence-electron chi connectivity index (χ2n) is 7.77. The molecule has 1 aliphatic rings. The fourth-order valence-electron chi connectivity index (χ4n) is 3.98. The van der Waals surface area contributed by atoms with Gasteiger partial charge >= 0.3 is 0 Å². The van der Waals surface area contributed by atoms with Crippen LogP contribution in [0.2, 0.25) is 0 Å². The Morgan fingerprint density at radius 1 is 0.821 bits per heavy atom. The zero-order valence-electron chi connectivity index (χ0n) is 17.0. The van der Waals surface area contributed by atoms with Crippen LogP contribution in [0.25, 0.3) is 5.57 Å². The molecule has 3 rings (SSSR count). The quantitative estimate of drug-likeness (QED) is 0.473. The summed E-state index contributed by atoms with van der Waals surface area (Å²) in [6.45, 7) is 1.92. The van der Waals surface area contributed by atoms with Gasteiger partial charge in [0.1, 0.15) is 0 Å². The summed E-state index contributed by atoms with van der Waals surface area (Å²) in [5, 5.41) is 0. The molecule has 0 saturated carbocycles. The number of hydrogen-bond donors (Lipinski definition) is 0. The highest BCUT2D eigenvalue weighted by Gasteiger charge is 2.15. The molecule has 1 amide bonds. The van der Waals surface area contributed by atoms with Gasteiger partial charge in [0.25, 0.3) is 0 Å². The lowest BCUT2D eigenvalue weighted by atomic mass is 9.97. The molecule has 2 aromatic rings. The van der Waals surface area contributed by atoms with E-state index in [1.807, 2.05) is 0 Å². The van der Waals surface area contributed by atoms with Gasteiger partial charge in [-0.05, 0) is 68.1 Å². The number of rotatable bonds is 9. The molecule has 2 nitrogen and oxygen atoms in total. The van der Waals surface area contributed by atoms with Crippen molar-refractivity contribution in [1.29, 1.82) is 0 Å². The lowest BCUT2D eigenvalue weighted by Gasteiger charge is -2.26. The number of unbranched alkanes of at least 4 members (excludes halogenated alkanes) is 1. The zero-order chi connectivity index (χ0) is 19.4. The van der Waals surface area contributed by atoms with Crippen molar-refractivity contribution in [2.45, 2.75) is 57.8 Å². The summed E-state index contributed by atoms with van der Waals surface area (Å²) in [5.74, 6) is 0.346. The fraction of sp³-hybridized carbons (Fsp3) is 0.423.